The highest BCUT2D eigenvalue weighted by atomic mass is 19.1. The van der Waals surface area contributed by atoms with E-state index in [0.717, 1.165) is 27.9 Å². The van der Waals surface area contributed by atoms with Crippen LogP contribution in [0.4, 0.5) is 8.78 Å². The zero-order valence-electron chi connectivity index (χ0n) is 14.0. The van der Waals surface area contributed by atoms with Crippen LogP contribution in [-0.2, 0) is 6.42 Å². The summed E-state index contributed by atoms with van der Waals surface area (Å²) in [6.45, 7) is 0.466. The predicted molar refractivity (Wildman–Crippen MR) is 97.7 cm³/mol. The van der Waals surface area contributed by atoms with Gasteiger partial charge in [-0.05, 0) is 60.2 Å². The number of ether oxygens (including phenoxy) is 1. The summed E-state index contributed by atoms with van der Waals surface area (Å²) >= 11 is 0. The molecule has 0 spiro atoms. The third-order valence-corrected chi connectivity index (χ3v) is 4.23. The summed E-state index contributed by atoms with van der Waals surface area (Å²) < 4.78 is 34.0. The molecule has 2 nitrogen and oxygen atoms in total. The quantitative estimate of drug-likeness (QED) is 0.475. The summed E-state index contributed by atoms with van der Waals surface area (Å²) in [5.74, 6) is 0.242. The predicted octanol–water partition coefficient (Wildman–Crippen LogP) is 5.33. The van der Waals surface area contributed by atoms with Gasteiger partial charge in [-0.2, -0.15) is 0 Å². The highest BCUT2D eigenvalue weighted by Crippen LogP contribution is 2.24. The largest absolute Gasteiger partial charge is 0.493 e. The molecule has 0 aliphatic heterocycles. The number of aromatic nitrogens is 1. The van der Waals surface area contributed by atoms with E-state index in [4.69, 9.17) is 4.74 Å². The smallest absolute Gasteiger partial charge is 0.123 e. The Balaban J connectivity index is 1.49. The van der Waals surface area contributed by atoms with Gasteiger partial charge in [0.15, 0.2) is 0 Å². The van der Waals surface area contributed by atoms with Gasteiger partial charge in [-0.25, -0.2) is 8.78 Å². The van der Waals surface area contributed by atoms with Crippen molar-refractivity contribution < 1.29 is 13.5 Å². The number of hydrogen-bond acceptors (Lipinski definition) is 1. The molecule has 0 unspecified atom stereocenters. The van der Waals surface area contributed by atoms with Crippen molar-refractivity contribution in [1.82, 2.24) is 4.57 Å². The molecule has 26 heavy (non-hydrogen) atoms. The Morgan fingerprint density at radius 2 is 1.73 bits per heavy atom. The second kappa shape index (κ2) is 7.00. The van der Waals surface area contributed by atoms with Crippen LogP contribution in [0.3, 0.4) is 0 Å². The van der Waals surface area contributed by atoms with Gasteiger partial charge in [0.05, 0.1) is 12.1 Å². The molecule has 0 aliphatic rings. The normalized spacial score (nSPS) is 11.0. The number of fused-ring (bicyclic) bond motifs is 1. The molecule has 4 heteroatoms. The van der Waals surface area contributed by atoms with Gasteiger partial charge in [-0.1, -0.05) is 12.1 Å². The molecule has 0 aliphatic carbocycles. The molecule has 0 bridgehead atoms. The maximum Gasteiger partial charge on any atom is 0.123 e. The molecule has 1 radical (unpaired) electrons. The van der Waals surface area contributed by atoms with Crippen LogP contribution in [0.2, 0.25) is 0 Å². The number of nitrogens with zero attached hydrogens (tertiary/aromatic N) is 1. The fourth-order valence-corrected chi connectivity index (χ4v) is 2.93. The van der Waals surface area contributed by atoms with Gasteiger partial charge < -0.3 is 9.30 Å². The van der Waals surface area contributed by atoms with Crippen LogP contribution in [0, 0.1) is 17.7 Å². The highest BCUT2D eigenvalue weighted by molar-refractivity contribution is 5.82. The highest BCUT2D eigenvalue weighted by Gasteiger charge is 2.06. The van der Waals surface area contributed by atoms with Crippen molar-refractivity contribution >= 4 is 10.9 Å². The first-order valence-electron chi connectivity index (χ1n) is 8.35. The Labute approximate surface area is 150 Å². The Hall–Kier alpha value is -3.14. The van der Waals surface area contributed by atoms with Crippen molar-refractivity contribution in [3.05, 3.63) is 96.2 Å². The van der Waals surface area contributed by atoms with Crippen LogP contribution in [0.25, 0.3) is 16.6 Å². The summed E-state index contributed by atoms with van der Waals surface area (Å²) in [6.07, 6.45) is 2.46. The fourth-order valence-electron chi connectivity index (χ4n) is 2.93. The molecule has 4 rings (SSSR count). The molecule has 0 atom stereocenters. The molecule has 0 fully saturated rings. The number of rotatable bonds is 5. The molecule has 0 amide bonds. The third kappa shape index (κ3) is 3.45. The Morgan fingerprint density at radius 1 is 0.885 bits per heavy atom. The lowest BCUT2D eigenvalue weighted by atomic mass is 10.1. The summed E-state index contributed by atoms with van der Waals surface area (Å²) in [7, 11) is 0. The van der Waals surface area contributed by atoms with Crippen molar-refractivity contribution in [3.8, 4) is 11.4 Å². The average Bonchev–Trinajstić information content (AvgIpc) is 3.06. The molecule has 4 aromatic rings. The summed E-state index contributed by atoms with van der Waals surface area (Å²) in [5.41, 5.74) is 2.74. The number of benzene rings is 3. The monoisotopic (exact) mass is 348 g/mol. The van der Waals surface area contributed by atoms with Crippen molar-refractivity contribution in [2.24, 2.45) is 0 Å². The van der Waals surface area contributed by atoms with E-state index in [1.165, 1.54) is 24.3 Å². The van der Waals surface area contributed by atoms with E-state index >= 15 is 0 Å². The lowest BCUT2D eigenvalue weighted by Crippen LogP contribution is -2.01. The van der Waals surface area contributed by atoms with E-state index in [1.54, 1.807) is 18.2 Å². The van der Waals surface area contributed by atoms with Crippen LogP contribution in [0.1, 0.15) is 5.56 Å². The molecule has 0 saturated heterocycles. The zero-order chi connectivity index (χ0) is 17.9. The Morgan fingerprint density at radius 3 is 2.54 bits per heavy atom. The van der Waals surface area contributed by atoms with Crippen LogP contribution < -0.4 is 4.74 Å². The average molecular weight is 348 g/mol. The van der Waals surface area contributed by atoms with Gasteiger partial charge in [0.2, 0.25) is 0 Å². The van der Waals surface area contributed by atoms with E-state index in [-0.39, 0.29) is 11.6 Å². The first-order chi connectivity index (χ1) is 12.7. The molecular weight excluding hydrogens is 332 g/mol. The van der Waals surface area contributed by atoms with E-state index in [1.807, 2.05) is 35.0 Å². The molecule has 0 saturated carbocycles. The molecule has 129 valence electrons. The van der Waals surface area contributed by atoms with Crippen LogP contribution in [0.15, 0.2) is 72.9 Å². The molecule has 1 aromatic heterocycles. The SMILES string of the molecule is Fc1ccc(-n2c[c]c3cc(OCCc4cccc(F)c4)ccc32)cc1. The topological polar surface area (TPSA) is 14.2 Å². The second-order valence-corrected chi connectivity index (χ2v) is 6.03. The maximum absolute atomic E-state index is 13.2. The Kier molecular flexibility index (Phi) is 4.40. The van der Waals surface area contributed by atoms with Crippen molar-refractivity contribution in [2.45, 2.75) is 6.42 Å². The number of hydrogen-bond donors (Lipinski definition) is 0. The van der Waals surface area contributed by atoms with Crippen molar-refractivity contribution in [3.63, 3.8) is 0 Å². The summed E-state index contributed by atoms with van der Waals surface area (Å²) in [6, 6.07) is 21.8. The van der Waals surface area contributed by atoms with E-state index in [2.05, 4.69) is 6.07 Å². The minimum absolute atomic E-state index is 0.236. The minimum atomic E-state index is -0.261. The lowest BCUT2D eigenvalue weighted by molar-refractivity contribution is 0.322. The van der Waals surface area contributed by atoms with Crippen LogP contribution in [-0.4, -0.2) is 11.2 Å². The standard InChI is InChI=1S/C22H16F2NO/c23-18-4-6-20(7-5-18)25-12-10-17-15-21(8-9-22(17)25)26-13-11-16-2-1-3-19(24)14-16/h1-9,12,14-15H,11,13H2. The van der Waals surface area contributed by atoms with Gasteiger partial charge in [0.1, 0.15) is 17.4 Å². The van der Waals surface area contributed by atoms with Gasteiger partial charge in [0, 0.05) is 29.8 Å². The van der Waals surface area contributed by atoms with E-state index in [9.17, 15) is 8.78 Å². The van der Waals surface area contributed by atoms with Gasteiger partial charge in [0.25, 0.3) is 0 Å². The van der Waals surface area contributed by atoms with E-state index < -0.39 is 0 Å². The summed E-state index contributed by atoms with van der Waals surface area (Å²) in [4.78, 5) is 0. The molecule has 3 aromatic carbocycles. The van der Waals surface area contributed by atoms with Crippen LogP contribution in [0.5, 0.6) is 5.75 Å². The van der Waals surface area contributed by atoms with Crippen LogP contribution >= 0.6 is 0 Å². The van der Waals surface area contributed by atoms with Crippen molar-refractivity contribution in [1.29, 1.82) is 0 Å². The molecule has 1 heterocycles. The Bertz CT molecular complexity index is 1040. The number of halogens is 2. The molecular formula is C22H16F2NO. The van der Waals surface area contributed by atoms with Gasteiger partial charge in [-0.3, -0.25) is 0 Å². The van der Waals surface area contributed by atoms with Gasteiger partial charge >= 0.3 is 0 Å². The summed E-state index contributed by atoms with van der Waals surface area (Å²) in [5, 5.41) is 0.914. The second-order valence-electron chi connectivity index (χ2n) is 6.03. The lowest BCUT2D eigenvalue weighted by Gasteiger charge is -2.08. The van der Waals surface area contributed by atoms with E-state index in [0.29, 0.717) is 13.0 Å². The fraction of sp³-hybridized carbons (Fsp3) is 0.0909. The van der Waals surface area contributed by atoms with Gasteiger partial charge in [-0.15, -0.1) is 0 Å². The first-order valence-corrected chi connectivity index (χ1v) is 8.35. The minimum Gasteiger partial charge on any atom is -0.493 e. The third-order valence-electron chi connectivity index (χ3n) is 4.23. The first kappa shape index (κ1) is 16.3. The molecule has 0 N–H and O–H groups in total. The van der Waals surface area contributed by atoms with Crippen molar-refractivity contribution in [2.75, 3.05) is 6.61 Å². The maximum atomic E-state index is 13.2. The zero-order valence-corrected chi connectivity index (χ0v) is 14.0.